The second-order valence-electron chi connectivity index (χ2n) is 4.02. The molecule has 2 rings (SSSR count). The molecule has 0 aliphatic rings. The Morgan fingerprint density at radius 3 is 2.43 bits per heavy atom. The molecule has 21 heavy (non-hydrogen) atoms. The van der Waals surface area contributed by atoms with Gasteiger partial charge in [0.1, 0.15) is 0 Å². The monoisotopic (exact) mass is 340 g/mol. The maximum atomic E-state index is 11.7. The molecule has 0 N–H and O–H groups in total. The van der Waals surface area contributed by atoms with Gasteiger partial charge in [0.15, 0.2) is 6.61 Å². The Morgan fingerprint density at radius 2 is 1.81 bits per heavy atom. The quantitative estimate of drug-likeness (QED) is 0.457. The Balaban J connectivity index is 1.84. The first-order valence-electron chi connectivity index (χ1n) is 5.93. The molecule has 3 nitrogen and oxygen atoms in total. The van der Waals surface area contributed by atoms with Crippen LogP contribution in [0.5, 0.6) is 0 Å². The third kappa shape index (κ3) is 5.01. The third-order valence-electron chi connectivity index (χ3n) is 2.48. The van der Waals surface area contributed by atoms with Crippen molar-refractivity contribution in [2.24, 2.45) is 0 Å². The molecule has 1 aromatic carbocycles. The highest BCUT2D eigenvalue weighted by molar-refractivity contribution is 7.18. The lowest BCUT2D eigenvalue weighted by molar-refractivity contribution is -0.136. The van der Waals surface area contributed by atoms with Crippen LogP contribution < -0.4 is 0 Å². The van der Waals surface area contributed by atoms with Crippen LogP contribution in [0.4, 0.5) is 0 Å². The van der Waals surface area contributed by atoms with E-state index in [4.69, 9.17) is 27.9 Å². The van der Waals surface area contributed by atoms with E-state index < -0.39 is 5.97 Å². The lowest BCUT2D eigenvalue weighted by Gasteiger charge is -1.99. The minimum Gasteiger partial charge on any atom is -0.454 e. The van der Waals surface area contributed by atoms with Gasteiger partial charge in [-0.3, -0.25) is 4.79 Å². The molecule has 0 radical (unpaired) electrons. The van der Waals surface area contributed by atoms with Gasteiger partial charge in [-0.1, -0.05) is 35.3 Å². The van der Waals surface area contributed by atoms with Crippen LogP contribution in [0.2, 0.25) is 9.36 Å². The van der Waals surface area contributed by atoms with Crippen molar-refractivity contribution in [2.45, 2.75) is 0 Å². The van der Waals surface area contributed by atoms with Gasteiger partial charge in [0.05, 0.1) is 9.21 Å². The average molecular weight is 341 g/mol. The van der Waals surface area contributed by atoms with E-state index in [2.05, 4.69) is 0 Å². The third-order valence-corrected chi connectivity index (χ3v) is 4.00. The topological polar surface area (TPSA) is 43.4 Å². The lowest BCUT2D eigenvalue weighted by Crippen LogP contribution is -2.11. The highest BCUT2D eigenvalue weighted by atomic mass is 35.5. The highest BCUT2D eigenvalue weighted by Gasteiger charge is 2.10. The molecule has 0 saturated heterocycles. The molecule has 0 atom stereocenters. The Kier molecular flexibility index (Phi) is 5.56. The summed E-state index contributed by atoms with van der Waals surface area (Å²) in [5.74, 6) is -0.860. The van der Waals surface area contributed by atoms with Crippen LogP contribution in [-0.2, 0) is 9.53 Å². The van der Waals surface area contributed by atoms with Gasteiger partial charge in [0.25, 0.3) is 0 Å². The molecule has 6 heteroatoms. The minimum absolute atomic E-state index is 0.278. The SMILES string of the molecule is O=C(/C=C/c1ccc(Cl)cc1)OCC(=O)c1ccc(Cl)s1. The highest BCUT2D eigenvalue weighted by Crippen LogP contribution is 2.21. The van der Waals surface area contributed by atoms with Gasteiger partial charge in [0.2, 0.25) is 5.78 Å². The van der Waals surface area contributed by atoms with Crippen LogP contribution in [0.3, 0.4) is 0 Å². The molecule has 1 heterocycles. The number of hydrogen-bond donors (Lipinski definition) is 0. The molecule has 1 aromatic heterocycles. The number of hydrogen-bond acceptors (Lipinski definition) is 4. The normalized spacial score (nSPS) is 10.8. The zero-order valence-corrected chi connectivity index (χ0v) is 13.0. The summed E-state index contributed by atoms with van der Waals surface area (Å²) in [6.07, 6.45) is 2.85. The van der Waals surface area contributed by atoms with E-state index in [1.165, 1.54) is 6.08 Å². The molecule has 0 unspecified atom stereocenters. The van der Waals surface area contributed by atoms with E-state index in [1.807, 2.05) is 0 Å². The van der Waals surface area contributed by atoms with Crippen molar-refractivity contribution in [1.29, 1.82) is 0 Å². The van der Waals surface area contributed by atoms with Gasteiger partial charge < -0.3 is 4.74 Å². The summed E-state index contributed by atoms with van der Waals surface area (Å²) >= 11 is 12.6. The molecule has 2 aromatic rings. The van der Waals surface area contributed by atoms with Crippen LogP contribution in [0.15, 0.2) is 42.5 Å². The zero-order chi connectivity index (χ0) is 15.2. The summed E-state index contributed by atoms with van der Waals surface area (Å²) in [4.78, 5) is 23.7. The van der Waals surface area contributed by atoms with E-state index in [0.717, 1.165) is 16.9 Å². The first kappa shape index (κ1) is 15.8. The maximum absolute atomic E-state index is 11.7. The molecule has 0 aliphatic heterocycles. The van der Waals surface area contributed by atoms with Gasteiger partial charge in [-0.15, -0.1) is 11.3 Å². The second-order valence-corrected chi connectivity index (χ2v) is 6.17. The predicted molar refractivity (Wildman–Crippen MR) is 85.1 cm³/mol. The van der Waals surface area contributed by atoms with Gasteiger partial charge >= 0.3 is 5.97 Å². The van der Waals surface area contributed by atoms with Crippen LogP contribution in [0.25, 0.3) is 6.08 Å². The zero-order valence-electron chi connectivity index (χ0n) is 10.7. The fraction of sp³-hybridized carbons (Fsp3) is 0.0667. The van der Waals surface area contributed by atoms with Crippen LogP contribution >= 0.6 is 34.5 Å². The molecule has 0 bridgehead atoms. The minimum atomic E-state index is -0.582. The summed E-state index contributed by atoms with van der Waals surface area (Å²) in [6.45, 7) is -0.305. The molecule has 0 aliphatic carbocycles. The van der Waals surface area contributed by atoms with Crippen molar-refractivity contribution in [1.82, 2.24) is 0 Å². The number of ketones is 1. The Morgan fingerprint density at radius 1 is 1.10 bits per heavy atom. The maximum Gasteiger partial charge on any atom is 0.331 e. The van der Waals surface area contributed by atoms with Gasteiger partial charge in [-0.2, -0.15) is 0 Å². The Bertz CT molecular complexity index is 674. The van der Waals surface area contributed by atoms with Gasteiger partial charge in [-0.25, -0.2) is 4.79 Å². The standard InChI is InChI=1S/C15H10Cl2O3S/c16-11-4-1-10(2-5-11)3-8-15(19)20-9-12(18)13-6-7-14(17)21-13/h1-8H,9H2/b8-3+. The van der Waals surface area contributed by atoms with Crippen molar-refractivity contribution in [2.75, 3.05) is 6.61 Å². The lowest BCUT2D eigenvalue weighted by atomic mass is 10.2. The molecule has 0 saturated carbocycles. The number of halogens is 2. The van der Waals surface area contributed by atoms with Crippen LogP contribution in [-0.4, -0.2) is 18.4 Å². The number of Topliss-reactive ketones (excluding diaryl/α,β-unsaturated/α-hetero) is 1. The predicted octanol–water partition coefficient (Wildman–Crippen LogP) is 4.49. The van der Waals surface area contributed by atoms with E-state index in [-0.39, 0.29) is 12.4 Å². The summed E-state index contributed by atoms with van der Waals surface area (Å²) in [6, 6.07) is 10.2. The molecule has 0 fully saturated rings. The number of ether oxygens (including phenoxy) is 1. The number of benzene rings is 1. The first-order valence-corrected chi connectivity index (χ1v) is 7.51. The number of thiophene rings is 1. The molecular weight excluding hydrogens is 331 g/mol. The Hall–Kier alpha value is -1.62. The van der Waals surface area contributed by atoms with Crippen molar-refractivity contribution in [3.8, 4) is 0 Å². The van der Waals surface area contributed by atoms with Crippen molar-refractivity contribution < 1.29 is 14.3 Å². The van der Waals surface area contributed by atoms with Crippen molar-refractivity contribution in [3.63, 3.8) is 0 Å². The Labute approximate surface area is 135 Å². The number of rotatable bonds is 5. The average Bonchev–Trinajstić information content (AvgIpc) is 2.91. The summed E-state index contributed by atoms with van der Waals surface area (Å²) in [7, 11) is 0. The fourth-order valence-electron chi connectivity index (χ4n) is 1.46. The summed E-state index contributed by atoms with van der Waals surface area (Å²) in [5, 5.41) is 0.620. The van der Waals surface area contributed by atoms with Crippen LogP contribution in [0.1, 0.15) is 15.2 Å². The molecule has 0 amide bonds. The number of esters is 1. The van der Waals surface area contributed by atoms with Crippen LogP contribution in [0, 0.1) is 0 Å². The summed E-state index contributed by atoms with van der Waals surface area (Å²) < 4.78 is 5.40. The van der Waals surface area contributed by atoms with E-state index in [0.29, 0.717) is 14.2 Å². The smallest absolute Gasteiger partial charge is 0.331 e. The molecule has 0 spiro atoms. The van der Waals surface area contributed by atoms with Gasteiger partial charge in [-0.05, 0) is 35.9 Å². The van der Waals surface area contributed by atoms with E-state index in [1.54, 1.807) is 42.5 Å². The van der Waals surface area contributed by atoms with E-state index >= 15 is 0 Å². The molecule has 108 valence electrons. The second kappa shape index (κ2) is 7.41. The summed E-state index contributed by atoms with van der Waals surface area (Å²) in [5.41, 5.74) is 0.813. The largest absolute Gasteiger partial charge is 0.454 e. The number of carbonyl (C=O) groups excluding carboxylic acids is 2. The first-order chi connectivity index (χ1) is 10.0. The van der Waals surface area contributed by atoms with E-state index in [9.17, 15) is 9.59 Å². The molecular formula is C15H10Cl2O3S. The van der Waals surface area contributed by atoms with Gasteiger partial charge in [0, 0.05) is 11.1 Å². The van der Waals surface area contributed by atoms with Crippen molar-refractivity contribution in [3.05, 3.63) is 62.3 Å². The fourth-order valence-corrected chi connectivity index (χ4v) is 2.55. The number of carbonyl (C=O) groups is 2. The van der Waals surface area contributed by atoms with Crippen molar-refractivity contribution >= 4 is 52.4 Å².